The lowest BCUT2D eigenvalue weighted by atomic mass is 9.64. The number of hydrogen-bond acceptors (Lipinski definition) is 6. The molecule has 1 unspecified atom stereocenters. The topological polar surface area (TPSA) is 97.8 Å². The van der Waals surface area contributed by atoms with Gasteiger partial charge in [-0.1, -0.05) is 84.9 Å². The Morgan fingerprint density at radius 1 is 0.846 bits per heavy atom. The van der Waals surface area contributed by atoms with Crippen LogP contribution in [-0.2, 0) is 24.5 Å². The predicted molar refractivity (Wildman–Crippen MR) is 144 cm³/mol. The number of carbonyl (C=O) groups excluding carboxylic acids is 5. The largest absolute Gasteiger partial charge is 0.465 e. The number of ketones is 2. The summed E-state index contributed by atoms with van der Waals surface area (Å²) in [6.45, 7) is 2.94. The summed E-state index contributed by atoms with van der Waals surface area (Å²) < 4.78 is 5.45. The summed E-state index contributed by atoms with van der Waals surface area (Å²) in [5.41, 5.74) is -0.0914. The average molecular weight is 522 g/mol. The molecule has 39 heavy (non-hydrogen) atoms. The Kier molecular flexibility index (Phi) is 6.83. The van der Waals surface area contributed by atoms with Crippen LogP contribution >= 0.6 is 0 Å². The van der Waals surface area contributed by atoms with Crippen LogP contribution in [0.25, 0.3) is 0 Å². The van der Waals surface area contributed by atoms with Gasteiger partial charge in [-0.05, 0) is 18.6 Å². The Balaban J connectivity index is 1.75. The first-order valence-corrected chi connectivity index (χ1v) is 12.8. The van der Waals surface area contributed by atoms with Gasteiger partial charge in [0, 0.05) is 36.0 Å². The molecular formula is C32H27NO6. The molecular weight excluding hydrogens is 494 g/mol. The molecule has 2 aliphatic rings. The fourth-order valence-corrected chi connectivity index (χ4v) is 5.94. The van der Waals surface area contributed by atoms with Crippen molar-refractivity contribution in [3.63, 3.8) is 0 Å². The number of amides is 2. The number of ether oxygens (including phenoxy) is 1. The maximum absolute atomic E-state index is 14.4. The maximum Gasteiger partial charge on any atom is 0.315 e. The molecule has 1 aliphatic heterocycles. The van der Waals surface area contributed by atoms with E-state index in [-0.39, 0.29) is 24.4 Å². The minimum absolute atomic E-state index is 0.0259. The van der Waals surface area contributed by atoms with Crippen molar-refractivity contribution in [3.05, 3.63) is 113 Å². The number of fused-ring (bicyclic) bond motifs is 2. The maximum atomic E-state index is 14.4. The third-order valence-corrected chi connectivity index (χ3v) is 7.52. The zero-order chi connectivity index (χ0) is 27.7. The third-order valence-electron chi connectivity index (χ3n) is 7.52. The van der Waals surface area contributed by atoms with Crippen LogP contribution in [0.15, 0.2) is 96.6 Å². The summed E-state index contributed by atoms with van der Waals surface area (Å²) in [5.74, 6) is -4.85. The lowest BCUT2D eigenvalue weighted by Gasteiger charge is -2.35. The number of para-hydroxylation sites is 1. The Morgan fingerprint density at radius 3 is 2.05 bits per heavy atom. The number of hydrogen-bond donors (Lipinski definition) is 0. The van der Waals surface area contributed by atoms with Crippen molar-refractivity contribution in [1.29, 1.82) is 0 Å². The third kappa shape index (κ3) is 4.11. The molecule has 196 valence electrons. The minimum Gasteiger partial charge on any atom is -0.465 e. The molecule has 1 aliphatic carbocycles. The van der Waals surface area contributed by atoms with Crippen LogP contribution in [0.3, 0.4) is 0 Å². The Labute approximate surface area is 226 Å². The Bertz CT molecular complexity index is 1510. The van der Waals surface area contributed by atoms with Gasteiger partial charge in [-0.25, -0.2) is 4.90 Å². The standard InChI is InChI=1S/C32H27NO6/c1-3-39-30(37)28-24(29(36)22-14-8-5-9-15-22)18-23(19-27(35)21-12-6-4-7-13-21)32(28)25-16-10-11-17-26(25)33(20(2)34)31(32)38/h4-18,23,28H,3,19H2,1-2H3/t23-,28?,32-/m0/s1. The molecule has 3 atom stereocenters. The van der Waals surface area contributed by atoms with E-state index in [4.69, 9.17) is 4.74 Å². The predicted octanol–water partition coefficient (Wildman–Crippen LogP) is 4.71. The molecule has 0 saturated carbocycles. The zero-order valence-electron chi connectivity index (χ0n) is 21.6. The van der Waals surface area contributed by atoms with E-state index in [9.17, 15) is 24.0 Å². The van der Waals surface area contributed by atoms with E-state index in [1.54, 1.807) is 97.9 Å². The first kappa shape index (κ1) is 26.0. The van der Waals surface area contributed by atoms with E-state index in [1.807, 2.05) is 0 Å². The van der Waals surface area contributed by atoms with E-state index >= 15 is 0 Å². The molecule has 7 heteroatoms. The van der Waals surface area contributed by atoms with Crippen molar-refractivity contribution in [2.45, 2.75) is 25.7 Å². The zero-order valence-corrected chi connectivity index (χ0v) is 21.6. The number of carbonyl (C=O) groups is 5. The van der Waals surface area contributed by atoms with Gasteiger partial charge in [0.05, 0.1) is 12.3 Å². The number of nitrogens with zero attached hydrogens (tertiary/aromatic N) is 1. The molecule has 3 aromatic carbocycles. The van der Waals surface area contributed by atoms with Crippen LogP contribution in [0.5, 0.6) is 0 Å². The molecule has 0 fully saturated rings. The number of Topliss-reactive ketones (excluding diaryl/α,β-unsaturated/α-hetero) is 2. The van der Waals surface area contributed by atoms with E-state index in [2.05, 4.69) is 0 Å². The molecule has 1 heterocycles. The second-order valence-corrected chi connectivity index (χ2v) is 9.65. The summed E-state index contributed by atoms with van der Waals surface area (Å²) in [7, 11) is 0. The van der Waals surface area contributed by atoms with Gasteiger partial charge in [0.15, 0.2) is 11.6 Å². The van der Waals surface area contributed by atoms with E-state index in [0.717, 1.165) is 4.90 Å². The van der Waals surface area contributed by atoms with Crippen molar-refractivity contribution in [2.75, 3.05) is 11.5 Å². The van der Waals surface area contributed by atoms with Crippen molar-refractivity contribution in [2.24, 2.45) is 11.8 Å². The van der Waals surface area contributed by atoms with Gasteiger partial charge in [-0.2, -0.15) is 0 Å². The van der Waals surface area contributed by atoms with Gasteiger partial charge in [-0.15, -0.1) is 0 Å². The monoisotopic (exact) mass is 521 g/mol. The van der Waals surface area contributed by atoms with Crippen LogP contribution in [0, 0.1) is 11.8 Å². The normalized spacial score (nSPS) is 21.4. The average Bonchev–Trinajstić information content (AvgIpc) is 3.42. The van der Waals surface area contributed by atoms with Gasteiger partial charge in [-0.3, -0.25) is 24.0 Å². The van der Waals surface area contributed by atoms with Crippen molar-refractivity contribution < 1.29 is 28.7 Å². The van der Waals surface area contributed by atoms with Crippen LogP contribution in [0.2, 0.25) is 0 Å². The van der Waals surface area contributed by atoms with Crippen molar-refractivity contribution in [3.8, 4) is 0 Å². The number of rotatable bonds is 7. The van der Waals surface area contributed by atoms with E-state index in [1.165, 1.54) is 6.92 Å². The fourth-order valence-electron chi connectivity index (χ4n) is 5.94. The minimum atomic E-state index is -1.71. The van der Waals surface area contributed by atoms with Crippen LogP contribution in [0.1, 0.15) is 46.5 Å². The summed E-state index contributed by atoms with van der Waals surface area (Å²) in [5, 5.41) is 0. The molecule has 3 aromatic rings. The first-order chi connectivity index (χ1) is 18.8. The van der Waals surface area contributed by atoms with E-state index < -0.39 is 40.8 Å². The molecule has 0 saturated heterocycles. The van der Waals surface area contributed by atoms with Gasteiger partial charge in [0.1, 0.15) is 11.3 Å². The SMILES string of the molecule is CCOC(=O)C1C(C(=O)c2ccccc2)=C[C@@H](CC(=O)c2ccccc2)[C@@]12C(=O)N(C(C)=O)c1ccccc12. The van der Waals surface area contributed by atoms with Crippen LogP contribution in [0.4, 0.5) is 5.69 Å². The van der Waals surface area contributed by atoms with Gasteiger partial charge < -0.3 is 4.74 Å². The number of anilines is 1. The number of imide groups is 1. The highest BCUT2D eigenvalue weighted by Gasteiger charge is 2.67. The summed E-state index contributed by atoms with van der Waals surface area (Å²) >= 11 is 0. The highest BCUT2D eigenvalue weighted by Crippen LogP contribution is 2.58. The fraction of sp³-hybridized carbons (Fsp3) is 0.219. The number of esters is 1. The van der Waals surface area contributed by atoms with Crippen molar-refractivity contribution >= 4 is 35.0 Å². The quantitative estimate of drug-likeness (QED) is 0.330. The summed E-state index contributed by atoms with van der Waals surface area (Å²) in [6.07, 6.45) is 1.42. The smallest absolute Gasteiger partial charge is 0.315 e. The van der Waals surface area contributed by atoms with E-state index in [0.29, 0.717) is 22.4 Å². The molecule has 7 nitrogen and oxygen atoms in total. The Hall–Kier alpha value is -4.65. The Morgan fingerprint density at radius 2 is 1.44 bits per heavy atom. The second kappa shape index (κ2) is 10.3. The summed E-state index contributed by atoms with van der Waals surface area (Å²) in [6, 6.07) is 23.8. The molecule has 0 bridgehead atoms. The number of benzene rings is 3. The number of allylic oxidation sites excluding steroid dienone is 1. The first-order valence-electron chi connectivity index (χ1n) is 12.8. The second-order valence-electron chi connectivity index (χ2n) is 9.65. The summed E-state index contributed by atoms with van der Waals surface area (Å²) in [4.78, 5) is 69.4. The molecule has 0 aromatic heterocycles. The van der Waals surface area contributed by atoms with Gasteiger partial charge in [0.2, 0.25) is 11.8 Å². The lowest BCUT2D eigenvalue weighted by Crippen LogP contribution is -2.52. The van der Waals surface area contributed by atoms with Crippen LogP contribution < -0.4 is 4.90 Å². The van der Waals surface area contributed by atoms with Crippen molar-refractivity contribution in [1.82, 2.24) is 0 Å². The molecule has 0 N–H and O–H groups in total. The van der Waals surface area contributed by atoms with Gasteiger partial charge in [0.25, 0.3) is 0 Å². The molecule has 5 rings (SSSR count). The van der Waals surface area contributed by atoms with Crippen LogP contribution in [-0.4, -0.2) is 36.0 Å². The molecule has 1 spiro atoms. The molecule has 0 radical (unpaired) electrons. The van der Waals surface area contributed by atoms with Gasteiger partial charge >= 0.3 is 5.97 Å². The highest BCUT2D eigenvalue weighted by atomic mass is 16.5. The highest BCUT2D eigenvalue weighted by molar-refractivity contribution is 6.26. The lowest BCUT2D eigenvalue weighted by molar-refractivity contribution is -0.152. The molecule has 2 amide bonds.